The van der Waals surface area contributed by atoms with Crippen molar-refractivity contribution in [2.24, 2.45) is 0 Å². The number of allylic oxidation sites excluding steroid dienone is 1. The lowest BCUT2D eigenvalue weighted by atomic mass is 9.97. The van der Waals surface area contributed by atoms with Crippen LogP contribution in [-0.2, 0) is 0 Å². The largest absolute Gasteiger partial charge is 0.369 e. The molecule has 2 aromatic heterocycles. The summed E-state index contributed by atoms with van der Waals surface area (Å²) in [5.41, 5.74) is 2.58. The van der Waals surface area contributed by atoms with E-state index in [1.165, 1.54) is 25.7 Å². The molecular formula is C20H21N3S. The molecular weight excluding hydrogens is 314 g/mol. The predicted molar refractivity (Wildman–Crippen MR) is 103 cm³/mol. The third kappa shape index (κ3) is 3.34. The van der Waals surface area contributed by atoms with E-state index < -0.39 is 0 Å². The Morgan fingerprint density at radius 1 is 1.04 bits per heavy atom. The summed E-state index contributed by atoms with van der Waals surface area (Å²) in [6.45, 7) is 0.927. The number of hydrogen-bond donors (Lipinski definition) is 1. The molecule has 1 aliphatic rings. The minimum Gasteiger partial charge on any atom is -0.369 e. The number of nitrogens with zero attached hydrogens (tertiary/aromatic N) is 2. The highest BCUT2D eigenvalue weighted by Crippen LogP contribution is 2.27. The van der Waals surface area contributed by atoms with E-state index in [0.29, 0.717) is 0 Å². The second-order valence-corrected chi connectivity index (χ2v) is 7.12. The Morgan fingerprint density at radius 2 is 2.00 bits per heavy atom. The third-order valence-electron chi connectivity index (χ3n) is 4.47. The lowest BCUT2D eigenvalue weighted by molar-refractivity contribution is 0.679. The maximum atomic E-state index is 4.79. The highest BCUT2D eigenvalue weighted by atomic mass is 32.1. The van der Waals surface area contributed by atoms with Crippen molar-refractivity contribution in [2.45, 2.75) is 32.1 Å². The molecule has 24 heavy (non-hydrogen) atoms. The molecule has 3 nitrogen and oxygen atoms in total. The lowest BCUT2D eigenvalue weighted by Crippen LogP contribution is -2.07. The summed E-state index contributed by atoms with van der Waals surface area (Å²) in [5.74, 6) is 1.75. The minimum atomic E-state index is 0.808. The van der Waals surface area contributed by atoms with E-state index in [1.807, 2.05) is 18.2 Å². The van der Waals surface area contributed by atoms with Gasteiger partial charge in [-0.25, -0.2) is 9.97 Å². The Hall–Kier alpha value is -2.20. The van der Waals surface area contributed by atoms with Crippen LogP contribution in [0.25, 0.3) is 21.6 Å². The summed E-state index contributed by atoms with van der Waals surface area (Å²) in [5, 5.41) is 6.71. The van der Waals surface area contributed by atoms with Gasteiger partial charge in [0.15, 0.2) is 5.82 Å². The van der Waals surface area contributed by atoms with Crippen molar-refractivity contribution >= 4 is 28.1 Å². The first kappa shape index (κ1) is 15.3. The Morgan fingerprint density at radius 3 is 2.83 bits per heavy atom. The summed E-state index contributed by atoms with van der Waals surface area (Å²) in [7, 11) is 0. The van der Waals surface area contributed by atoms with E-state index in [4.69, 9.17) is 9.97 Å². The number of thiophene rings is 1. The fourth-order valence-electron chi connectivity index (χ4n) is 3.20. The number of aromatic nitrogens is 2. The number of para-hydroxylation sites is 1. The second-order valence-electron chi connectivity index (χ2n) is 6.18. The molecule has 3 aromatic rings. The fourth-order valence-corrected chi connectivity index (χ4v) is 3.86. The molecule has 0 amide bonds. The van der Waals surface area contributed by atoms with Crippen LogP contribution in [0.1, 0.15) is 32.1 Å². The SMILES string of the molecule is C1=C(CCNc2nc(-c3cccs3)nc3ccccc23)CCCC1. The molecule has 122 valence electrons. The molecule has 0 bridgehead atoms. The standard InChI is InChI=1S/C20H21N3S/c1-2-7-15(8-3-1)12-13-21-19-16-9-4-5-10-17(16)22-20(23-19)18-11-6-14-24-18/h4-7,9-11,14H,1-3,8,12-13H2,(H,21,22,23). The zero-order valence-electron chi connectivity index (χ0n) is 13.7. The van der Waals surface area contributed by atoms with Crippen molar-refractivity contribution in [1.29, 1.82) is 0 Å². The summed E-state index contributed by atoms with van der Waals surface area (Å²) >= 11 is 1.68. The maximum absolute atomic E-state index is 4.79. The summed E-state index contributed by atoms with van der Waals surface area (Å²) < 4.78 is 0. The first-order valence-electron chi connectivity index (χ1n) is 8.62. The van der Waals surface area contributed by atoms with Gasteiger partial charge in [0.25, 0.3) is 0 Å². The molecule has 0 saturated heterocycles. The van der Waals surface area contributed by atoms with Gasteiger partial charge >= 0.3 is 0 Å². The average molecular weight is 335 g/mol. The van der Waals surface area contributed by atoms with Crippen LogP contribution in [-0.4, -0.2) is 16.5 Å². The van der Waals surface area contributed by atoms with Gasteiger partial charge in [-0.05, 0) is 55.7 Å². The zero-order valence-corrected chi connectivity index (χ0v) is 14.5. The van der Waals surface area contributed by atoms with E-state index in [1.54, 1.807) is 16.9 Å². The second kappa shape index (κ2) is 7.14. The Labute approximate surface area is 146 Å². The van der Waals surface area contributed by atoms with Crippen LogP contribution in [0, 0.1) is 0 Å². The van der Waals surface area contributed by atoms with Crippen molar-refractivity contribution < 1.29 is 0 Å². The Balaban J connectivity index is 1.59. The van der Waals surface area contributed by atoms with E-state index in [2.05, 4.69) is 35.0 Å². The van der Waals surface area contributed by atoms with Crippen molar-refractivity contribution in [3.8, 4) is 10.7 Å². The lowest BCUT2D eigenvalue weighted by Gasteiger charge is -2.14. The highest BCUT2D eigenvalue weighted by Gasteiger charge is 2.10. The van der Waals surface area contributed by atoms with Gasteiger partial charge in [0.1, 0.15) is 5.82 Å². The molecule has 0 aliphatic heterocycles. The molecule has 0 fully saturated rings. The smallest absolute Gasteiger partial charge is 0.172 e. The van der Waals surface area contributed by atoms with Crippen LogP contribution in [0.2, 0.25) is 0 Å². The molecule has 2 heterocycles. The van der Waals surface area contributed by atoms with Crippen LogP contribution in [0.4, 0.5) is 5.82 Å². The number of fused-ring (bicyclic) bond motifs is 1. The van der Waals surface area contributed by atoms with Gasteiger partial charge in [0, 0.05) is 11.9 Å². The number of nitrogens with one attached hydrogen (secondary N) is 1. The maximum Gasteiger partial charge on any atom is 0.172 e. The Kier molecular flexibility index (Phi) is 4.56. The minimum absolute atomic E-state index is 0.808. The van der Waals surface area contributed by atoms with Gasteiger partial charge in [0.2, 0.25) is 0 Å². The molecule has 0 spiro atoms. The van der Waals surface area contributed by atoms with Crippen molar-refractivity contribution in [2.75, 3.05) is 11.9 Å². The van der Waals surface area contributed by atoms with E-state index in [0.717, 1.165) is 40.4 Å². The van der Waals surface area contributed by atoms with Gasteiger partial charge in [-0.15, -0.1) is 11.3 Å². The highest BCUT2D eigenvalue weighted by molar-refractivity contribution is 7.13. The van der Waals surface area contributed by atoms with Crippen LogP contribution in [0.5, 0.6) is 0 Å². The Bertz CT molecular complexity index is 852. The van der Waals surface area contributed by atoms with Crippen LogP contribution in [0.15, 0.2) is 53.4 Å². The number of anilines is 1. The first-order valence-corrected chi connectivity index (χ1v) is 9.50. The normalized spacial score (nSPS) is 14.6. The molecule has 4 heteroatoms. The van der Waals surface area contributed by atoms with Crippen LogP contribution < -0.4 is 5.32 Å². The quantitative estimate of drug-likeness (QED) is 0.611. The monoisotopic (exact) mass is 335 g/mol. The zero-order chi connectivity index (χ0) is 16.2. The fraction of sp³-hybridized carbons (Fsp3) is 0.300. The molecule has 0 radical (unpaired) electrons. The molecule has 4 rings (SSSR count). The molecule has 1 aromatic carbocycles. The third-order valence-corrected chi connectivity index (χ3v) is 5.33. The molecule has 0 unspecified atom stereocenters. The summed E-state index contributed by atoms with van der Waals surface area (Å²) in [4.78, 5) is 10.6. The summed E-state index contributed by atoms with van der Waals surface area (Å²) in [6, 6.07) is 12.3. The van der Waals surface area contributed by atoms with E-state index >= 15 is 0 Å². The summed E-state index contributed by atoms with van der Waals surface area (Å²) in [6.07, 6.45) is 8.70. The van der Waals surface area contributed by atoms with Crippen molar-refractivity contribution in [3.63, 3.8) is 0 Å². The van der Waals surface area contributed by atoms with E-state index in [-0.39, 0.29) is 0 Å². The van der Waals surface area contributed by atoms with Crippen molar-refractivity contribution in [1.82, 2.24) is 9.97 Å². The number of benzene rings is 1. The van der Waals surface area contributed by atoms with Crippen LogP contribution in [0.3, 0.4) is 0 Å². The number of rotatable bonds is 5. The van der Waals surface area contributed by atoms with Gasteiger partial charge < -0.3 is 5.32 Å². The van der Waals surface area contributed by atoms with Crippen molar-refractivity contribution in [3.05, 3.63) is 53.4 Å². The first-order chi connectivity index (χ1) is 11.9. The number of hydrogen-bond acceptors (Lipinski definition) is 4. The van der Waals surface area contributed by atoms with Gasteiger partial charge in [-0.2, -0.15) is 0 Å². The molecule has 0 atom stereocenters. The average Bonchev–Trinajstić information content (AvgIpc) is 3.17. The molecule has 1 N–H and O–H groups in total. The van der Waals surface area contributed by atoms with Gasteiger partial charge in [-0.1, -0.05) is 29.8 Å². The predicted octanol–water partition coefficient (Wildman–Crippen LogP) is 5.66. The van der Waals surface area contributed by atoms with Crippen LogP contribution >= 0.6 is 11.3 Å². The van der Waals surface area contributed by atoms with E-state index in [9.17, 15) is 0 Å². The topological polar surface area (TPSA) is 37.8 Å². The van der Waals surface area contributed by atoms with Gasteiger partial charge in [0.05, 0.1) is 10.4 Å². The van der Waals surface area contributed by atoms with Gasteiger partial charge in [-0.3, -0.25) is 0 Å². The molecule has 0 saturated carbocycles. The molecule has 1 aliphatic carbocycles.